The van der Waals surface area contributed by atoms with Gasteiger partial charge in [0.15, 0.2) is 0 Å². The molecule has 0 aromatic heterocycles. The summed E-state index contributed by atoms with van der Waals surface area (Å²) in [6, 6.07) is 12.1. The molecule has 0 heterocycles. The molecular formula is C14H12BrNO3S. The number of para-hydroxylation sites is 1. The summed E-state index contributed by atoms with van der Waals surface area (Å²) in [4.78, 5) is 12.0. The van der Waals surface area contributed by atoms with Gasteiger partial charge in [0.1, 0.15) is 0 Å². The average Bonchev–Trinajstić information content (AvgIpc) is 2.38. The Hall–Kier alpha value is -1.37. The molecule has 0 amide bonds. The topological polar surface area (TPSA) is 63.4 Å². The quantitative estimate of drug-likeness (QED) is 0.646. The van der Waals surface area contributed by atoms with Crippen LogP contribution in [0.25, 0.3) is 0 Å². The lowest BCUT2D eigenvalue weighted by Gasteiger charge is -2.09. The highest BCUT2D eigenvalue weighted by atomic mass is 79.9. The second-order valence-electron chi connectivity index (χ2n) is 4.19. The van der Waals surface area contributed by atoms with Crippen LogP contribution in [0.1, 0.15) is 18.6 Å². The summed E-state index contributed by atoms with van der Waals surface area (Å²) in [6.07, 6.45) is -0.561. The van der Waals surface area contributed by atoms with Gasteiger partial charge in [-0.15, -0.1) is 0 Å². The molecule has 2 rings (SSSR count). The third-order valence-corrected chi connectivity index (χ3v) is 4.45. The van der Waals surface area contributed by atoms with Crippen LogP contribution in [0, 0.1) is 10.1 Å². The number of nitrogens with zero attached hydrogens (tertiary/aromatic N) is 1. The molecule has 2 aromatic rings. The van der Waals surface area contributed by atoms with Crippen molar-refractivity contribution in [2.24, 2.45) is 0 Å². The van der Waals surface area contributed by atoms with E-state index in [2.05, 4.69) is 15.9 Å². The first-order valence-corrected chi connectivity index (χ1v) is 7.49. The van der Waals surface area contributed by atoms with E-state index in [0.29, 0.717) is 4.90 Å². The van der Waals surface area contributed by atoms with Gasteiger partial charge in [0.25, 0.3) is 5.69 Å². The zero-order valence-corrected chi connectivity index (χ0v) is 13.0. The molecule has 2 aromatic carbocycles. The number of aliphatic hydroxyl groups excluding tert-OH is 1. The molecule has 0 radical (unpaired) electrons. The van der Waals surface area contributed by atoms with Crippen LogP contribution in [-0.4, -0.2) is 10.0 Å². The Morgan fingerprint density at radius 3 is 2.60 bits per heavy atom. The van der Waals surface area contributed by atoms with E-state index in [-0.39, 0.29) is 10.6 Å². The molecule has 20 heavy (non-hydrogen) atoms. The molecular weight excluding hydrogens is 342 g/mol. The van der Waals surface area contributed by atoms with Crippen molar-refractivity contribution in [2.75, 3.05) is 0 Å². The normalized spacial score (nSPS) is 12.2. The SMILES string of the molecule is CC(O)c1ccc(Sc2ccccc2[N+](=O)[O-])cc1Br. The lowest BCUT2D eigenvalue weighted by molar-refractivity contribution is -0.387. The fourth-order valence-corrected chi connectivity index (χ4v) is 3.55. The maximum atomic E-state index is 11.0. The van der Waals surface area contributed by atoms with Crippen molar-refractivity contribution in [1.82, 2.24) is 0 Å². The van der Waals surface area contributed by atoms with Gasteiger partial charge in [0, 0.05) is 15.4 Å². The van der Waals surface area contributed by atoms with Gasteiger partial charge in [0.05, 0.1) is 15.9 Å². The van der Waals surface area contributed by atoms with Gasteiger partial charge in [-0.05, 0) is 30.7 Å². The predicted octanol–water partition coefficient (Wildman–Crippen LogP) is 4.56. The Kier molecular flexibility index (Phi) is 4.80. The Labute approximate surface area is 129 Å². The van der Waals surface area contributed by atoms with Gasteiger partial charge in [-0.2, -0.15) is 0 Å². The van der Waals surface area contributed by atoms with Gasteiger partial charge in [-0.25, -0.2) is 0 Å². The van der Waals surface area contributed by atoms with E-state index < -0.39 is 6.10 Å². The molecule has 0 aliphatic heterocycles. The zero-order valence-electron chi connectivity index (χ0n) is 10.6. The fourth-order valence-electron chi connectivity index (χ4n) is 1.73. The minimum atomic E-state index is -0.561. The largest absolute Gasteiger partial charge is 0.389 e. The van der Waals surface area contributed by atoms with Gasteiger partial charge in [0.2, 0.25) is 0 Å². The number of nitro benzene ring substituents is 1. The maximum Gasteiger partial charge on any atom is 0.283 e. The van der Waals surface area contributed by atoms with Crippen LogP contribution in [-0.2, 0) is 0 Å². The van der Waals surface area contributed by atoms with Crippen LogP contribution in [0.2, 0.25) is 0 Å². The van der Waals surface area contributed by atoms with Crippen molar-refractivity contribution < 1.29 is 10.0 Å². The smallest absolute Gasteiger partial charge is 0.283 e. The van der Waals surface area contributed by atoms with Crippen molar-refractivity contribution >= 4 is 33.4 Å². The standard InChI is InChI=1S/C14H12BrNO3S/c1-9(17)11-7-6-10(8-12(11)15)20-14-5-3-2-4-13(14)16(18)19/h2-9,17H,1H3. The third-order valence-electron chi connectivity index (χ3n) is 2.71. The van der Waals surface area contributed by atoms with Crippen molar-refractivity contribution in [3.8, 4) is 0 Å². The summed E-state index contributed by atoms with van der Waals surface area (Å²) in [7, 11) is 0. The molecule has 0 bridgehead atoms. The van der Waals surface area contributed by atoms with E-state index in [1.807, 2.05) is 18.2 Å². The Balaban J connectivity index is 2.31. The highest BCUT2D eigenvalue weighted by molar-refractivity contribution is 9.10. The number of hydrogen-bond donors (Lipinski definition) is 1. The lowest BCUT2D eigenvalue weighted by atomic mass is 10.1. The van der Waals surface area contributed by atoms with E-state index >= 15 is 0 Å². The highest BCUT2D eigenvalue weighted by Gasteiger charge is 2.14. The summed E-state index contributed by atoms with van der Waals surface area (Å²) in [5.41, 5.74) is 0.880. The Morgan fingerprint density at radius 1 is 1.30 bits per heavy atom. The number of hydrogen-bond acceptors (Lipinski definition) is 4. The lowest BCUT2D eigenvalue weighted by Crippen LogP contribution is -1.93. The molecule has 0 spiro atoms. The van der Waals surface area contributed by atoms with Crippen LogP contribution >= 0.6 is 27.7 Å². The van der Waals surface area contributed by atoms with Gasteiger partial charge in [-0.3, -0.25) is 10.1 Å². The predicted molar refractivity (Wildman–Crippen MR) is 82.0 cm³/mol. The summed E-state index contributed by atoms with van der Waals surface area (Å²) in [6.45, 7) is 1.69. The summed E-state index contributed by atoms with van der Waals surface area (Å²) in [5.74, 6) is 0. The second-order valence-corrected chi connectivity index (χ2v) is 6.16. The molecule has 0 saturated heterocycles. The number of benzene rings is 2. The molecule has 4 nitrogen and oxygen atoms in total. The molecule has 0 fully saturated rings. The highest BCUT2D eigenvalue weighted by Crippen LogP contribution is 2.36. The van der Waals surface area contributed by atoms with Crippen molar-refractivity contribution in [1.29, 1.82) is 0 Å². The Bertz CT molecular complexity index is 646. The summed E-state index contributed by atoms with van der Waals surface area (Å²) < 4.78 is 0.788. The average molecular weight is 354 g/mol. The van der Waals surface area contributed by atoms with Gasteiger partial charge < -0.3 is 5.11 Å². The molecule has 0 aliphatic rings. The molecule has 0 aliphatic carbocycles. The first-order chi connectivity index (χ1) is 9.49. The summed E-state index contributed by atoms with van der Waals surface area (Å²) >= 11 is 4.73. The van der Waals surface area contributed by atoms with E-state index in [9.17, 15) is 15.2 Å². The Morgan fingerprint density at radius 2 is 2.00 bits per heavy atom. The van der Waals surface area contributed by atoms with E-state index in [4.69, 9.17) is 0 Å². The zero-order chi connectivity index (χ0) is 14.7. The summed E-state index contributed by atoms with van der Waals surface area (Å²) in [5, 5.41) is 20.5. The van der Waals surface area contributed by atoms with Crippen LogP contribution in [0.4, 0.5) is 5.69 Å². The van der Waals surface area contributed by atoms with E-state index in [0.717, 1.165) is 14.9 Å². The first-order valence-electron chi connectivity index (χ1n) is 5.88. The van der Waals surface area contributed by atoms with Crippen LogP contribution in [0.3, 0.4) is 0 Å². The van der Waals surface area contributed by atoms with Crippen LogP contribution in [0.15, 0.2) is 56.7 Å². The van der Waals surface area contributed by atoms with Crippen molar-refractivity contribution in [2.45, 2.75) is 22.8 Å². The maximum absolute atomic E-state index is 11.0. The van der Waals surface area contributed by atoms with Crippen molar-refractivity contribution in [3.63, 3.8) is 0 Å². The van der Waals surface area contributed by atoms with Gasteiger partial charge in [-0.1, -0.05) is 45.9 Å². The van der Waals surface area contributed by atoms with Crippen molar-refractivity contribution in [3.05, 3.63) is 62.6 Å². The molecule has 6 heteroatoms. The van der Waals surface area contributed by atoms with Crippen LogP contribution < -0.4 is 0 Å². The molecule has 0 saturated carbocycles. The van der Waals surface area contributed by atoms with Gasteiger partial charge >= 0.3 is 0 Å². The minimum absolute atomic E-state index is 0.0909. The minimum Gasteiger partial charge on any atom is -0.389 e. The number of aliphatic hydroxyl groups is 1. The van der Waals surface area contributed by atoms with Crippen LogP contribution in [0.5, 0.6) is 0 Å². The molecule has 1 N–H and O–H groups in total. The monoisotopic (exact) mass is 353 g/mol. The fraction of sp³-hybridized carbons (Fsp3) is 0.143. The van der Waals surface area contributed by atoms with E-state index in [1.165, 1.54) is 17.8 Å². The number of halogens is 1. The van der Waals surface area contributed by atoms with E-state index in [1.54, 1.807) is 25.1 Å². The first kappa shape index (κ1) is 15.0. The third kappa shape index (κ3) is 3.39. The number of rotatable bonds is 4. The molecule has 1 unspecified atom stereocenters. The number of nitro groups is 1. The second kappa shape index (κ2) is 6.39. The molecule has 1 atom stereocenters. The molecule has 104 valence electrons.